The second-order valence-corrected chi connectivity index (χ2v) is 8.17. The molecule has 0 bridgehead atoms. The number of rotatable bonds is 10. The third-order valence-electron chi connectivity index (χ3n) is 4.67. The van der Waals surface area contributed by atoms with Crippen molar-refractivity contribution in [1.29, 1.82) is 0 Å². The van der Waals surface area contributed by atoms with Crippen molar-refractivity contribution < 1.29 is 27.8 Å². The average Bonchev–Trinajstić information content (AvgIpc) is 3.43. The molecule has 1 unspecified atom stereocenters. The lowest BCUT2D eigenvalue weighted by Gasteiger charge is -2.15. The quantitative estimate of drug-likeness (QED) is 0.386. The van der Waals surface area contributed by atoms with Crippen molar-refractivity contribution in [2.75, 3.05) is 20.3 Å². The smallest absolute Gasteiger partial charge is 0.305 e. The Morgan fingerprint density at radius 1 is 1.31 bits per heavy atom. The van der Waals surface area contributed by atoms with Gasteiger partial charge in [0.2, 0.25) is 0 Å². The molecule has 5 nitrogen and oxygen atoms in total. The Hall–Kier alpha value is -2.06. The summed E-state index contributed by atoms with van der Waals surface area (Å²) in [5.41, 5.74) is 1.15. The Balaban J connectivity index is 1.75. The molecule has 0 amide bonds. The first-order valence-electron chi connectivity index (χ1n) is 9.72. The largest absolute Gasteiger partial charge is 0.488 e. The summed E-state index contributed by atoms with van der Waals surface area (Å²) in [7, 11) is 1.63. The molecule has 1 saturated carbocycles. The molecule has 0 saturated heterocycles. The molecule has 158 valence electrons. The first-order valence-corrected chi connectivity index (χ1v) is 10.5. The molecular formula is C21H25F2NO4S. The van der Waals surface area contributed by atoms with E-state index in [1.165, 1.54) is 23.5 Å². The van der Waals surface area contributed by atoms with Crippen LogP contribution in [0.5, 0.6) is 5.75 Å². The van der Waals surface area contributed by atoms with Gasteiger partial charge in [0.25, 0.3) is 0 Å². The van der Waals surface area contributed by atoms with E-state index in [1.54, 1.807) is 14.0 Å². The first kappa shape index (κ1) is 21.6. The molecule has 8 heteroatoms. The van der Waals surface area contributed by atoms with Gasteiger partial charge in [-0.05, 0) is 56.7 Å². The van der Waals surface area contributed by atoms with Crippen LogP contribution in [0.4, 0.5) is 8.78 Å². The number of hydrogen-bond acceptors (Lipinski definition) is 6. The van der Waals surface area contributed by atoms with Crippen molar-refractivity contribution in [2.45, 2.75) is 45.6 Å². The molecule has 1 aliphatic rings. The summed E-state index contributed by atoms with van der Waals surface area (Å²) in [5, 5.41) is 0.817. The maximum absolute atomic E-state index is 14.6. The number of hydrogen-bond donors (Lipinski definition) is 0. The molecule has 0 N–H and O–H groups in total. The van der Waals surface area contributed by atoms with Gasteiger partial charge in [-0.3, -0.25) is 4.79 Å². The van der Waals surface area contributed by atoms with Crippen LogP contribution >= 0.6 is 11.3 Å². The zero-order chi connectivity index (χ0) is 21.0. The molecule has 0 aliphatic heterocycles. The van der Waals surface area contributed by atoms with E-state index in [2.05, 4.69) is 4.98 Å². The lowest BCUT2D eigenvalue weighted by atomic mass is 10.1. The zero-order valence-corrected chi connectivity index (χ0v) is 17.6. The highest BCUT2D eigenvalue weighted by Crippen LogP contribution is 2.47. The van der Waals surface area contributed by atoms with Crippen molar-refractivity contribution in [2.24, 2.45) is 5.92 Å². The molecule has 1 fully saturated rings. The normalized spacial score (nSPS) is 14.7. The Bertz CT molecular complexity index is 843. The topological polar surface area (TPSA) is 57.7 Å². The minimum Gasteiger partial charge on any atom is -0.488 e. The molecule has 1 heterocycles. The SMILES string of the molecule is CCOC(=O)CCCOc1c(F)cc(-c2sc(C)nc2C(OC)C2CC2)cc1F. The Morgan fingerprint density at radius 2 is 2.00 bits per heavy atom. The van der Waals surface area contributed by atoms with Gasteiger partial charge in [0.1, 0.15) is 6.10 Å². The van der Waals surface area contributed by atoms with E-state index < -0.39 is 17.4 Å². The minimum atomic E-state index is -0.784. The fourth-order valence-corrected chi connectivity index (χ4v) is 4.16. The predicted molar refractivity (Wildman–Crippen MR) is 106 cm³/mol. The molecule has 1 atom stereocenters. The van der Waals surface area contributed by atoms with Crippen molar-refractivity contribution in [3.63, 3.8) is 0 Å². The molecule has 1 aromatic heterocycles. The highest BCUT2D eigenvalue weighted by atomic mass is 32.1. The highest BCUT2D eigenvalue weighted by molar-refractivity contribution is 7.15. The summed E-state index contributed by atoms with van der Waals surface area (Å²) in [6, 6.07) is 2.53. The summed E-state index contributed by atoms with van der Waals surface area (Å²) in [5.74, 6) is -1.96. The summed E-state index contributed by atoms with van der Waals surface area (Å²) in [6.07, 6.45) is 2.41. The lowest BCUT2D eigenvalue weighted by Crippen LogP contribution is -2.08. The van der Waals surface area contributed by atoms with E-state index in [9.17, 15) is 13.6 Å². The number of carbonyl (C=O) groups is 1. The van der Waals surface area contributed by atoms with Crippen LogP contribution in [0.3, 0.4) is 0 Å². The zero-order valence-electron chi connectivity index (χ0n) is 16.8. The van der Waals surface area contributed by atoms with Gasteiger partial charge in [-0.25, -0.2) is 13.8 Å². The van der Waals surface area contributed by atoms with Crippen molar-refractivity contribution in [3.8, 4) is 16.2 Å². The third-order valence-corrected chi connectivity index (χ3v) is 5.71. The van der Waals surface area contributed by atoms with E-state index in [4.69, 9.17) is 14.2 Å². The minimum absolute atomic E-state index is 0.0182. The van der Waals surface area contributed by atoms with Crippen LogP contribution in [0.15, 0.2) is 12.1 Å². The number of esters is 1. The number of nitrogens with zero attached hydrogens (tertiary/aromatic N) is 1. The van der Waals surface area contributed by atoms with Gasteiger partial charge in [-0.15, -0.1) is 11.3 Å². The number of halogens is 2. The van der Waals surface area contributed by atoms with Crippen LogP contribution in [0, 0.1) is 24.5 Å². The van der Waals surface area contributed by atoms with Crippen LogP contribution in [0.2, 0.25) is 0 Å². The maximum atomic E-state index is 14.6. The number of ether oxygens (including phenoxy) is 3. The molecule has 29 heavy (non-hydrogen) atoms. The fraction of sp³-hybridized carbons (Fsp3) is 0.524. The van der Waals surface area contributed by atoms with E-state index in [1.807, 2.05) is 6.92 Å². The summed E-state index contributed by atoms with van der Waals surface area (Å²) in [4.78, 5) is 16.6. The second kappa shape index (κ2) is 9.63. The van der Waals surface area contributed by atoms with Crippen LogP contribution in [0.25, 0.3) is 10.4 Å². The van der Waals surface area contributed by atoms with Gasteiger partial charge in [0.15, 0.2) is 17.4 Å². The van der Waals surface area contributed by atoms with Gasteiger partial charge in [-0.1, -0.05) is 0 Å². The lowest BCUT2D eigenvalue weighted by molar-refractivity contribution is -0.143. The molecule has 2 aromatic rings. The summed E-state index contributed by atoms with van der Waals surface area (Å²) < 4.78 is 44.9. The van der Waals surface area contributed by atoms with Crippen molar-refractivity contribution >= 4 is 17.3 Å². The standard InChI is InChI=1S/C21H25F2NO4S/c1-4-27-17(25)6-5-9-28-20-15(22)10-14(11-16(20)23)21-18(24-12(2)29-21)19(26-3)13-7-8-13/h10-11,13,19H,4-9H2,1-3H3. The van der Waals surface area contributed by atoms with Gasteiger partial charge < -0.3 is 14.2 Å². The molecule has 3 rings (SSSR count). The Labute approximate surface area is 173 Å². The van der Waals surface area contributed by atoms with Gasteiger partial charge in [0, 0.05) is 13.5 Å². The molecule has 0 spiro atoms. The number of thiazole rings is 1. The van der Waals surface area contributed by atoms with Gasteiger partial charge >= 0.3 is 5.97 Å². The Morgan fingerprint density at radius 3 is 2.59 bits per heavy atom. The van der Waals surface area contributed by atoms with Gasteiger partial charge in [0.05, 0.1) is 28.8 Å². The third kappa shape index (κ3) is 5.30. The summed E-state index contributed by atoms with van der Waals surface area (Å²) >= 11 is 1.39. The molecule has 0 radical (unpaired) electrons. The van der Waals surface area contributed by atoms with Crippen molar-refractivity contribution in [3.05, 3.63) is 34.5 Å². The number of benzene rings is 1. The second-order valence-electron chi connectivity index (χ2n) is 6.97. The molecular weight excluding hydrogens is 400 g/mol. The van der Waals surface area contributed by atoms with Crippen molar-refractivity contribution in [1.82, 2.24) is 4.98 Å². The van der Waals surface area contributed by atoms with E-state index in [0.717, 1.165) is 23.5 Å². The first-order chi connectivity index (χ1) is 13.9. The highest BCUT2D eigenvalue weighted by Gasteiger charge is 2.36. The number of methoxy groups -OCH3 is 1. The Kier molecular flexibility index (Phi) is 7.18. The van der Waals surface area contributed by atoms with E-state index in [-0.39, 0.29) is 25.1 Å². The van der Waals surface area contributed by atoms with Gasteiger partial charge in [-0.2, -0.15) is 0 Å². The van der Waals surface area contributed by atoms with Crippen LogP contribution in [-0.4, -0.2) is 31.3 Å². The van der Waals surface area contributed by atoms with Crippen LogP contribution in [-0.2, 0) is 14.3 Å². The number of carbonyl (C=O) groups excluding carboxylic acids is 1. The fourth-order valence-electron chi connectivity index (χ4n) is 3.22. The molecule has 1 aliphatic carbocycles. The molecule has 1 aromatic carbocycles. The van der Waals surface area contributed by atoms with Crippen LogP contribution < -0.4 is 4.74 Å². The van der Waals surface area contributed by atoms with E-state index >= 15 is 0 Å². The van der Waals surface area contributed by atoms with Crippen LogP contribution in [0.1, 0.15) is 49.4 Å². The predicted octanol–water partition coefficient (Wildman–Crippen LogP) is 5.22. The monoisotopic (exact) mass is 425 g/mol. The maximum Gasteiger partial charge on any atom is 0.305 e. The summed E-state index contributed by atoms with van der Waals surface area (Å²) in [6.45, 7) is 3.90. The number of aromatic nitrogens is 1. The van der Waals surface area contributed by atoms with E-state index in [0.29, 0.717) is 29.4 Å². The number of aryl methyl sites for hydroxylation is 1. The average molecular weight is 425 g/mol.